The fourth-order valence-electron chi connectivity index (χ4n) is 2.82. The molecule has 0 saturated heterocycles. The lowest BCUT2D eigenvalue weighted by atomic mass is 10.4. The van der Waals surface area contributed by atoms with Gasteiger partial charge in [0, 0.05) is 26.2 Å². The minimum Gasteiger partial charge on any atom is -0.481 e. The van der Waals surface area contributed by atoms with Crippen LogP contribution in [0.4, 0.5) is 0 Å². The molecule has 232 valence electrons. The number of aliphatic carboxylic acids is 2. The zero-order valence-corrected chi connectivity index (χ0v) is 23.5. The molecule has 0 aromatic carbocycles. The second kappa shape index (κ2) is 31.1. The van der Waals surface area contributed by atoms with Gasteiger partial charge >= 0.3 is 11.9 Å². The Morgan fingerprint density at radius 3 is 1.08 bits per heavy atom. The number of hydrogen-bond donors (Lipinski definition) is 3. The van der Waals surface area contributed by atoms with Crippen LogP contribution in [0.25, 0.3) is 0 Å². The van der Waals surface area contributed by atoms with Crippen molar-refractivity contribution in [3.05, 3.63) is 0 Å². The molecular weight excluding hydrogens is 520 g/mol. The molecule has 0 spiro atoms. The van der Waals surface area contributed by atoms with Gasteiger partial charge in [0.25, 0.3) is 0 Å². The summed E-state index contributed by atoms with van der Waals surface area (Å²) >= 11 is 0. The van der Waals surface area contributed by atoms with Gasteiger partial charge in [-0.3, -0.25) is 14.5 Å². The minimum atomic E-state index is -0.881. The smallest absolute Gasteiger partial charge is 0.305 e. The van der Waals surface area contributed by atoms with E-state index in [0.29, 0.717) is 106 Å². The first kappa shape index (κ1) is 37.5. The average Bonchev–Trinajstić information content (AvgIpc) is 2.90. The first-order chi connectivity index (χ1) is 19.1. The van der Waals surface area contributed by atoms with Crippen LogP contribution in [0.1, 0.15) is 12.8 Å². The van der Waals surface area contributed by atoms with Crippen LogP contribution < -0.4 is 5.32 Å². The van der Waals surface area contributed by atoms with Gasteiger partial charge in [-0.15, -0.1) is 0 Å². The normalized spacial score (nSPS) is 11.4. The van der Waals surface area contributed by atoms with Crippen LogP contribution in [-0.4, -0.2) is 166 Å². The molecule has 0 aliphatic heterocycles. The first-order valence-corrected chi connectivity index (χ1v) is 13.5. The zero-order valence-electron chi connectivity index (χ0n) is 23.5. The number of carboxylic acid groups (broad SMARTS) is 2. The predicted octanol–water partition coefficient (Wildman–Crippen LogP) is -0.410. The third kappa shape index (κ3) is 32.6. The van der Waals surface area contributed by atoms with Crippen molar-refractivity contribution in [2.45, 2.75) is 12.8 Å². The molecule has 39 heavy (non-hydrogen) atoms. The Labute approximate surface area is 232 Å². The molecule has 3 N–H and O–H groups in total. The molecule has 0 radical (unpaired) electrons. The Morgan fingerprint density at radius 2 is 0.769 bits per heavy atom. The highest BCUT2D eigenvalue weighted by Gasteiger charge is 2.06. The molecule has 14 heteroatoms. The predicted molar refractivity (Wildman–Crippen MR) is 141 cm³/mol. The van der Waals surface area contributed by atoms with E-state index < -0.39 is 11.9 Å². The summed E-state index contributed by atoms with van der Waals surface area (Å²) in [5.74, 6) is -1.76. The summed E-state index contributed by atoms with van der Waals surface area (Å²) in [6.07, 6.45) is -0.0259. The highest BCUT2D eigenvalue weighted by atomic mass is 16.6. The molecule has 0 fully saturated rings. The maximum absolute atomic E-state index is 10.4. The molecule has 0 aliphatic rings. The van der Waals surface area contributed by atoms with Crippen LogP contribution in [0.15, 0.2) is 0 Å². The Hall–Kier alpha value is -1.46. The number of ether oxygens (including phenoxy) is 8. The average molecular weight is 571 g/mol. The highest BCUT2D eigenvalue weighted by molar-refractivity contribution is 5.67. The Bertz CT molecular complexity index is 509. The first-order valence-electron chi connectivity index (χ1n) is 13.5. The van der Waals surface area contributed by atoms with Gasteiger partial charge in [0.2, 0.25) is 0 Å². The van der Waals surface area contributed by atoms with Crippen LogP contribution in [0, 0.1) is 0 Å². The third-order valence-electron chi connectivity index (χ3n) is 4.93. The number of hydrogen-bond acceptors (Lipinski definition) is 12. The van der Waals surface area contributed by atoms with Crippen molar-refractivity contribution in [2.24, 2.45) is 0 Å². The maximum atomic E-state index is 10.4. The van der Waals surface area contributed by atoms with Gasteiger partial charge in [0.15, 0.2) is 0 Å². The third-order valence-corrected chi connectivity index (χ3v) is 4.93. The van der Waals surface area contributed by atoms with E-state index >= 15 is 0 Å². The molecular formula is C25H50N2O12. The molecule has 0 aromatic rings. The summed E-state index contributed by atoms with van der Waals surface area (Å²) in [5, 5.41) is 20.1. The van der Waals surface area contributed by atoms with Gasteiger partial charge in [-0.25, -0.2) is 0 Å². The highest BCUT2D eigenvalue weighted by Crippen LogP contribution is 1.93. The van der Waals surface area contributed by atoms with Crippen molar-refractivity contribution in [3.8, 4) is 0 Å². The SMILES string of the molecule is CNCCOCCOCCN(CCOCCOCCOCCC(=O)O)CCOCCOCCOCCC(=O)O. The second-order valence-corrected chi connectivity index (χ2v) is 8.13. The number of likely N-dealkylation sites (N-methyl/N-ethyl adjacent to an activating group) is 1. The van der Waals surface area contributed by atoms with Crippen LogP contribution in [0.5, 0.6) is 0 Å². The Balaban J connectivity index is 3.88. The maximum Gasteiger partial charge on any atom is 0.305 e. The summed E-state index contributed by atoms with van der Waals surface area (Å²) in [6, 6.07) is 0. The van der Waals surface area contributed by atoms with Crippen molar-refractivity contribution in [1.82, 2.24) is 10.2 Å². The van der Waals surface area contributed by atoms with Crippen molar-refractivity contribution in [2.75, 3.05) is 139 Å². The summed E-state index contributed by atoms with van der Waals surface area (Å²) < 4.78 is 43.6. The molecule has 0 aliphatic carbocycles. The largest absolute Gasteiger partial charge is 0.481 e. The van der Waals surface area contributed by atoms with E-state index in [2.05, 4.69) is 10.2 Å². The lowest BCUT2D eigenvalue weighted by Gasteiger charge is -2.22. The number of carboxylic acids is 2. The molecule has 0 heterocycles. The lowest BCUT2D eigenvalue weighted by Crippen LogP contribution is -2.34. The van der Waals surface area contributed by atoms with E-state index in [1.165, 1.54) is 0 Å². The molecule has 0 unspecified atom stereocenters. The van der Waals surface area contributed by atoms with Crippen LogP contribution in [0.2, 0.25) is 0 Å². The molecule has 0 aromatic heterocycles. The molecule has 0 amide bonds. The van der Waals surface area contributed by atoms with Gasteiger partial charge < -0.3 is 53.4 Å². The second-order valence-electron chi connectivity index (χ2n) is 8.13. The van der Waals surface area contributed by atoms with Crippen molar-refractivity contribution < 1.29 is 57.7 Å². The lowest BCUT2D eigenvalue weighted by molar-refractivity contribution is -0.139. The van der Waals surface area contributed by atoms with E-state index in [-0.39, 0.29) is 26.1 Å². The number of nitrogens with one attached hydrogen (secondary N) is 1. The standard InChI is InChI=1S/C25H50N2O12/c1-26-4-10-34-16-17-35-11-5-27(6-12-36-18-22-38-20-14-32-8-2-24(28)29)7-13-37-19-23-39-21-15-33-9-3-25(30)31/h26H,2-23H2,1H3,(H,28,29)(H,30,31). The zero-order chi connectivity index (χ0) is 28.7. The number of carbonyl (C=O) groups is 2. The van der Waals surface area contributed by atoms with Gasteiger partial charge in [-0.2, -0.15) is 0 Å². The van der Waals surface area contributed by atoms with Crippen LogP contribution in [-0.2, 0) is 47.5 Å². The molecule has 0 atom stereocenters. The number of nitrogens with zero attached hydrogens (tertiary/aromatic N) is 1. The van der Waals surface area contributed by atoms with E-state index in [4.69, 9.17) is 48.1 Å². The summed E-state index contributed by atoms with van der Waals surface area (Å²) in [7, 11) is 1.88. The Morgan fingerprint density at radius 1 is 0.487 bits per heavy atom. The van der Waals surface area contributed by atoms with E-state index in [1.54, 1.807) is 0 Å². The molecule has 0 saturated carbocycles. The minimum absolute atomic E-state index is 0.0130. The monoisotopic (exact) mass is 570 g/mol. The van der Waals surface area contributed by atoms with Crippen molar-refractivity contribution in [1.29, 1.82) is 0 Å². The number of rotatable bonds is 33. The van der Waals surface area contributed by atoms with Gasteiger partial charge in [0.05, 0.1) is 119 Å². The van der Waals surface area contributed by atoms with Crippen LogP contribution in [0.3, 0.4) is 0 Å². The van der Waals surface area contributed by atoms with Gasteiger partial charge in [0.1, 0.15) is 0 Å². The quantitative estimate of drug-likeness (QED) is 0.0872. The summed E-state index contributed by atoms with van der Waals surface area (Å²) in [5.41, 5.74) is 0. The van der Waals surface area contributed by atoms with Crippen molar-refractivity contribution >= 4 is 11.9 Å². The topological polar surface area (TPSA) is 164 Å². The van der Waals surface area contributed by atoms with Gasteiger partial charge in [-0.05, 0) is 7.05 Å². The van der Waals surface area contributed by atoms with E-state index in [1.807, 2.05) is 7.05 Å². The fourth-order valence-corrected chi connectivity index (χ4v) is 2.82. The Kier molecular flexibility index (Phi) is 29.9. The summed E-state index contributed by atoms with van der Waals surface area (Å²) in [4.78, 5) is 23.0. The van der Waals surface area contributed by atoms with Crippen LogP contribution >= 0.6 is 0 Å². The fraction of sp³-hybridized carbons (Fsp3) is 0.920. The van der Waals surface area contributed by atoms with Gasteiger partial charge in [-0.1, -0.05) is 0 Å². The summed E-state index contributed by atoms with van der Waals surface area (Å²) in [6.45, 7) is 10.0. The van der Waals surface area contributed by atoms with Crippen molar-refractivity contribution in [3.63, 3.8) is 0 Å². The molecule has 0 rings (SSSR count). The van der Waals surface area contributed by atoms with E-state index in [9.17, 15) is 9.59 Å². The van der Waals surface area contributed by atoms with E-state index in [0.717, 1.165) is 13.1 Å². The molecule has 14 nitrogen and oxygen atoms in total. The molecule has 0 bridgehead atoms.